The molecule has 0 atom stereocenters. The molecule has 4 heteroatoms. The van der Waals surface area contributed by atoms with Crippen LogP contribution >= 0.6 is 0 Å². The lowest BCUT2D eigenvalue weighted by atomic mass is 10.4. The Morgan fingerprint density at radius 3 is 1.59 bits per heavy atom. The average Bonchev–Trinajstić information content (AvgIpc) is 2.54. The highest BCUT2D eigenvalue weighted by Gasteiger charge is 2.02. The van der Waals surface area contributed by atoms with Crippen LogP contribution in [0.25, 0.3) is 0 Å². The maximum absolute atomic E-state index is 10.8. The largest absolute Gasteiger partial charge is 0.303 e. The summed E-state index contributed by atoms with van der Waals surface area (Å²) in [5, 5.41) is 0. The van der Waals surface area contributed by atoms with Crippen LogP contribution in [-0.4, -0.2) is 45.5 Å². The summed E-state index contributed by atoms with van der Waals surface area (Å²) < 4.78 is 21.7. The Hall–Kier alpha value is -0.350. The zero-order valence-electron chi connectivity index (χ0n) is 17.4. The molecule has 0 spiro atoms. The molecule has 0 N–H and O–H groups in total. The van der Waals surface area contributed by atoms with Gasteiger partial charge in [0.15, 0.2) is 0 Å². The predicted molar refractivity (Wildman–Crippen MR) is 107 cm³/mol. The highest BCUT2D eigenvalue weighted by molar-refractivity contribution is 7.90. The van der Waals surface area contributed by atoms with E-state index in [-0.39, 0.29) is 5.75 Å². The number of hydrogen-bond acceptors (Lipinski definition) is 3. The number of likely N-dealkylation sites (N-methyl/N-ethyl adjacent to an activating group) is 1. The van der Waals surface area contributed by atoms with Crippen molar-refractivity contribution >= 4 is 9.84 Å². The second-order valence-corrected chi connectivity index (χ2v) is 5.89. The first-order chi connectivity index (χ1) is 10.5. The van der Waals surface area contributed by atoms with Crippen molar-refractivity contribution in [1.29, 1.82) is 0 Å². The van der Waals surface area contributed by atoms with Crippen molar-refractivity contribution in [2.24, 2.45) is 0 Å². The monoisotopic (exact) mass is 339 g/mol. The summed E-state index contributed by atoms with van der Waals surface area (Å²) in [7, 11) is -0.787. The van der Waals surface area contributed by atoms with Gasteiger partial charge in [0.25, 0.3) is 0 Å². The summed E-state index contributed by atoms with van der Waals surface area (Å²) in [6.07, 6.45) is 7.28. The van der Waals surface area contributed by atoms with Crippen LogP contribution in [0.1, 0.15) is 75.2 Å². The van der Waals surface area contributed by atoms with E-state index in [0.717, 1.165) is 25.9 Å². The van der Waals surface area contributed by atoms with Crippen molar-refractivity contribution in [3.63, 3.8) is 0 Å². The molecule has 0 aromatic carbocycles. The summed E-state index contributed by atoms with van der Waals surface area (Å²) in [4.78, 5) is 2.12. The zero-order valence-corrected chi connectivity index (χ0v) is 18.2. The van der Waals surface area contributed by atoms with Crippen molar-refractivity contribution in [1.82, 2.24) is 4.90 Å². The summed E-state index contributed by atoms with van der Waals surface area (Å²) in [6.45, 7) is 19.8. The van der Waals surface area contributed by atoms with Gasteiger partial charge in [-0.25, -0.2) is 8.42 Å². The van der Waals surface area contributed by atoms with Gasteiger partial charge < -0.3 is 4.90 Å². The third kappa shape index (κ3) is 50.4. The minimum absolute atomic E-state index is 0.287. The third-order valence-corrected chi connectivity index (χ3v) is 2.90. The summed E-state index contributed by atoms with van der Waals surface area (Å²) in [6, 6.07) is 0. The molecule has 0 fully saturated rings. The van der Waals surface area contributed by atoms with E-state index in [2.05, 4.69) is 24.0 Å². The molecule has 140 valence electrons. The number of rotatable bonds is 7. The van der Waals surface area contributed by atoms with Gasteiger partial charge in [0.1, 0.15) is 9.84 Å². The molecule has 0 rings (SSSR count). The minimum Gasteiger partial charge on any atom is -0.303 e. The van der Waals surface area contributed by atoms with Crippen molar-refractivity contribution < 1.29 is 8.42 Å². The Morgan fingerprint density at radius 2 is 1.27 bits per heavy atom. The molecular formula is C18H45NO2S. The number of nitrogens with zero attached hydrogens (tertiary/aromatic N) is 1. The molecular weight excluding hydrogens is 294 g/mol. The number of allylic oxidation sites excluding steroid dienone is 1. The maximum atomic E-state index is 10.8. The van der Waals surface area contributed by atoms with E-state index in [9.17, 15) is 8.42 Å². The van der Waals surface area contributed by atoms with Crippen LogP contribution in [0, 0.1) is 0 Å². The molecule has 0 bridgehead atoms. The molecule has 0 aromatic heterocycles. The summed E-state index contributed by atoms with van der Waals surface area (Å²) >= 11 is 0. The van der Waals surface area contributed by atoms with Crippen LogP contribution in [0.4, 0.5) is 0 Å². The molecule has 0 aliphatic carbocycles. The van der Waals surface area contributed by atoms with Crippen molar-refractivity contribution in [3.05, 3.63) is 12.2 Å². The van der Waals surface area contributed by atoms with E-state index in [1.807, 2.05) is 62.4 Å². The first kappa shape index (κ1) is 33.3. The quantitative estimate of drug-likeness (QED) is 0.581. The van der Waals surface area contributed by atoms with Gasteiger partial charge in [0, 0.05) is 12.8 Å². The first-order valence-corrected chi connectivity index (χ1v) is 11.0. The molecule has 22 heavy (non-hydrogen) atoms. The molecule has 3 nitrogen and oxygen atoms in total. The molecule has 0 aliphatic heterocycles. The molecule has 0 saturated heterocycles. The highest BCUT2D eigenvalue weighted by Crippen LogP contribution is 1.93. The second kappa shape index (κ2) is 32.6. The van der Waals surface area contributed by atoms with Crippen LogP contribution < -0.4 is 0 Å². The van der Waals surface area contributed by atoms with Crippen LogP contribution in [0.15, 0.2) is 12.2 Å². The smallest absolute Gasteiger partial charge is 0.147 e. The van der Waals surface area contributed by atoms with Gasteiger partial charge in [0.2, 0.25) is 0 Å². The molecule has 0 unspecified atom stereocenters. The first-order valence-electron chi connectivity index (χ1n) is 8.97. The Bertz CT molecular complexity index is 260. The SMILES string of the molecule is CC.CC.CC.CC.CC/C=C/CN(C)CCCS(C)(=O)=O. The summed E-state index contributed by atoms with van der Waals surface area (Å²) in [5.74, 6) is 0.287. The van der Waals surface area contributed by atoms with E-state index in [1.165, 1.54) is 6.26 Å². The van der Waals surface area contributed by atoms with E-state index in [1.54, 1.807) is 0 Å². The maximum Gasteiger partial charge on any atom is 0.147 e. The lowest BCUT2D eigenvalue weighted by molar-refractivity contribution is 0.370. The fourth-order valence-corrected chi connectivity index (χ4v) is 1.76. The van der Waals surface area contributed by atoms with Crippen LogP contribution in [0.3, 0.4) is 0 Å². The van der Waals surface area contributed by atoms with Crippen LogP contribution in [0.5, 0.6) is 0 Å². The predicted octanol–water partition coefficient (Wildman–Crippen LogP) is 5.42. The second-order valence-electron chi connectivity index (χ2n) is 3.63. The molecule has 0 aromatic rings. The topological polar surface area (TPSA) is 37.4 Å². The molecule has 0 saturated carbocycles. The van der Waals surface area contributed by atoms with Gasteiger partial charge in [-0.2, -0.15) is 0 Å². The van der Waals surface area contributed by atoms with Gasteiger partial charge in [0.05, 0.1) is 5.75 Å². The van der Waals surface area contributed by atoms with Gasteiger partial charge in [-0.1, -0.05) is 74.5 Å². The van der Waals surface area contributed by atoms with Crippen LogP contribution in [-0.2, 0) is 9.84 Å². The minimum atomic E-state index is -2.79. The van der Waals surface area contributed by atoms with Crippen molar-refractivity contribution in [3.8, 4) is 0 Å². The van der Waals surface area contributed by atoms with E-state index in [0.29, 0.717) is 0 Å². The van der Waals surface area contributed by atoms with Gasteiger partial charge in [-0.15, -0.1) is 0 Å². The molecule has 0 heterocycles. The van der Waals surface area contributed by atoms with Crippen LogP contribution in [0.2, 0.25) is 0 Å². The van der Waals surface area contributed by atoms with Gasteiger partial charge >= 0.3 is 0 Å². The van der Waals surface area contributed by atoms with Crippen molar-refractivity contribution in [2.45, 2.75) is 75.2 Å². The number of hydrogen-bond donors (Lipinski definition) is 0. The Balaban J connectivity index is -0.000000103. The van der Waals surface area contributed by atoms with Gasteiger partial charge in [-0.3, -0.25) is 0 Å². The lowest BCUT2D eigenvalue weighted by Crippen LogP contribution is -2.21. The molecule has 0 radical (unpaired) electrons. The number of sulfone groups is 1. The summed E-state index contributed by atoms with van der Waals surface area (Å²) in [5.41, 5.74) is 0. The highest BCUT2D eigenvalue weighted by atomic mass is 32.2. The third-order valence-electron chi connectivity index (χ3n) is 1.87. The van der Waals surface area contributed by atoms with E-state index < -0.39 is 9.84 Å². The van der Waals surface area contributed by atoms with Gasteiger partial charge in [-0.05, 0) is 26.4 Å². The fourth-order valence-electron chi connectivity index (χ4n) is 1.11. The van der Waals surface area contributed by atoms with Crippen molar-refractivity contribution in [2.75, 3.05) is 32.1 Å². The van der Waals surface area contributed by atoms with E-state index >= 15 is 0 Å². The zero-order chi connectivity index (χ0) is 19.0. The van der Waals surface area contributed by atoms with E-state index in [4.69, 9.17) is 0 Å². The molecule has 0 aliphatic rings. The standard InChI is InChI=1S/C10H21NO2S.4C2H6/c1-4-5-6-8-11(2)9-7-10-14(3,12)13;4*1-2/h5-6H,4,7-10H2,1-3H3;4*1-2H3/b6-5+;;;;. The molecule has 0 amide bonds. The fraction of sp³-hybridized carbons (Fsp3) is 0.889. The Morgan fingerprint density at radius 1 is 0.864 bits per heavy atom. The lowest BCUT2D eigenvalue weighted by Gasteiger charge is -2.13. The normalized spacial score (nSPS) is 9.27. The average molecular weight is 340 g/mol. The Labute approximate surface area is 143 Å². The Kier molecular flexibility index (Phi) is 49.3.